The van der Waals surface area contributed by atoms with Gasteiger partial charge in [0.25, 0.3) is 0 Å². The van der Waals surface area contributed by atoms with E-state index in [9.17, 15) is 0 Å². The molecule has 0 aliphatic rings. The van der Waals surface area contributed by atoms with E-state index in [1.807, 2.05) is 26.2 Å². The molecule has 0 bridgehead atoms. The van der Waals surface area contributed by atoms with Gasteiger partial charge < -0.3 is 5.32 Å². The molecule has 0 radical (unpaired) electrons. The fourth-order valence-electron chi connectivity index (χ4n) is 1.95. The zero-order valence-electron chi connectivity index (χ0n) is 10.9. The van der Waals surface area contributed by atoms with E-state index in [4.69, 9.17) is 23.2 Å². The number of aromatic nitrogens is 4. The van der Waals surface area contributed by atoms with Crippen molar-refractivity contribution in [2.75, 3.05) is 5.32 Å². The van der Waals surface area contributed by atoms with Crippen molar-refractivity contribution in [3.05, 3.63) is 40.4 Å². The first-order valence-corrected chi connectivity index (χ1v) is 6.67. The minimum absolute atomic E-state index is 0.170. The Balaban J connectivity index is 2.16. The molecule has 5 nitrogen and oxygen atoms in total. The normalized spacial score (nSPS) is 11.0. The highest BCUT2D eigenvalue weighted by Crippen LogP contribution is 2.29. The van der Waals surface area contributed by atoms with Gasteiger partial charge in [0.1, 0.15) is 5.82 Å². The third-order valence-corrected chi connectivity index (χ3v) is 3.49. The standard InChI is InChI=1S/C13H11Cl2N5/c1-7-3-9-11(4-10(7)14)18-13(15)19-12(9)17-8-5-16-20(2)6-8/h3-6H,1-2H3,(H,17,18,19). The Kier molecular flexibility index (Phi) is 3.23. The second-order valence-corrected chi connectivity index (χ2v) is 5.23. The Morgan fingerprint density at radius 1 is 1.20 bits per heavy atom. The summed E-state index contributed by atoms with van der Waals surface area (Å²) in [6.07, 6.45) is 3.56. The van der Waals surface area contributed by atoms with Gasteiger partial charge in [-0.15, -0.1) is 0 Å². The molecule has 0 spiro atoms. The van der Waals surface area contributed by atoms with E-state index in [-0.39, 0.29) is 5.28 Å². The lowest BCUT2D eigenvalue weighted by Gasteiger charge is -2.09. The highest BCUT2D eigenvalue weighted by molar-refractivity contribution is 6.32. The summed E-state index contributed by atoms with van der Waals surface area (Å²) in [5.74, 6) is 0.632. The second-order valence-electron chi connectivity index (χ2n) is 4.49. The van der Waals surface area contributed by atoms with E-state index in [1.165, 1.54) is 0 Å². The number of aryl methyl sites for hydroxylation is 2. The number of halogens is 2. The maximum atomic E-state index is 6.12. The lowest BCUT2D eigenvalue weighted by atomic mass is 10.1. The molecule has 0 saturated heterocycles. The molecule has 102 valence electrons. The van der Waals surface area contributed by atoms with E-state index >= 15 is 0 Å². The zero-order chi connectivity index (χ0) is 14.3. The van der Waals surface area contributed by atoms with Crippen LogP contribution in [0.2, 0.25) is 10.3 Å². The molecular formula is C13H11Cl2N5. The molecule has 0 saturated carbocycles. The maximum Gasteiger partial charge on any atom is 0.224 e. The van der Waals surface area contributed by atoms with Crippen LogP contribution in [0.25, 0.3) is 10.9 Å². The number of nitrogens with one attached hydrogen (secondary N) is 1. The Morgan fingerprint density at radius 2 is 2.00 bits per heavy atom. The van der Waals surface area contributed by atoms with E-state index in [0.717, 1.165) is 16.6 Å². The number of benzene rings is 1. The summed E-state index contributed by atoms with van der Waals surface area (Å²) in [6.45, 7) is 1.93. The van der Waals surface area contributed by atoms with Crippen molar-refractivity contribution in [2.45, 2.75) is 6.92 Å². The maximum absolute atomic E-state index is 6.12. The van der Waals surface area contributed by atoms with Crippen LogP contribution in [0.3, 0.4) is 0 Å². The summed E-state index contributed by atoms with van der Waals surface area (Å²) in [6, 6.07) is 3.72. The lowest BCUT2D eigenvalue weighted by molar-refractivity contribution is 0.768. The van der Waals surface area contributed by atoms with E-state index in [0.29, 0.717) is 16.4 Å². The second kappa shape index (κ2) is 4.92. The van der Waals surface area contributed by atoms with Crippen molar-refractivity contribution in [1.82, 2.24) is 19.7 Å². The van der Waals surface area contributed by atoms with Crippen molar-refractivity contribution in [3.8, 4) is 0 Å². The fourth-order valence-corrected chi connectivity index (χ4v) is 2.28. The van der Waals surface area contributed by atoms with E-state index < -0.39 is 0 Å². The highest BCUT2D eigenvalue weighted by atomic mass is 35.5. The minimum Gasteiger partial charge on any atom is -0.337 e. The van der Waals surface area contributed by atoms with Crippen molar-refractivity contribution in [1.29, 1.82) is 0 Å². The lowest BCUT2D eigenvalue weighted by Crippen LogP contribution is -1.97. The van der Waals surface area contributed by atoms with Gasteiger partial charge in [-0.3, -0.25) is 4.68 Å². The quantitative estimate of drug-likeness (QED) is 0.733. The third-order valence-electron chi connectivity index (χ3n) is 2.92. The van der Waals surface area contributed by atoms with Gasteiger partial charge >= 0.3 is 0 Å². The molecule has 0 fully saturated rings. The number of nitrogens with zero attached hydrogens (tertiary/aromatic N) is 4. The van der Waals surface area contributed by atoms with Crippen molar-refractivity contribution in [3.63, 3.8) is 0 Å². The molecule has 0 amide bonds. The van der Waals surface area contributed by atoms with Crippen LogP contribution in [0.1, 0.15) is 5.56 Å². The van der Waals surface area contributed by atoms with Gasteiger partial charge in [-0.1, -0.05) is 11.6 Å². The molecule has 1 aromatic carbocycles. The number of rotatable bonds is 2. The Hall–Kier alpha value is -1.85. The molecule has 3 aromatic rings. The van der Waals surface area contributed by atoms with Gasteiger partial charge in [0.05, 0.1) is 17.4 Å². The average molecular weight is 308 g/mol. The predicted octanol–water partition coefficient (Wildman–Crippen LogP) is 3.72. The number of hydrogen-bond donors (Lipinski definition) is 1. The average Bonchev–Trinajstić information content (AvgIpc) is 2.77. The van der Waals surface area contributed by atoms with Gasteiger partial charge in [-0.2, -0.15) is 10.1 Å². The third kappa shape index (κ3) is 2.42. The molecule has 0 atom stereocenters. The number of anilines is 2. The summed E-state index contributed by atoms with van der Waals surface area (Å²) in [7, 11) is 1.85. The van der Waals surface area contributed by atoms with Crippen LogP contribution in [-0.4, -0.2) is 19.7 Å². The van der Waals surface area contributed by atoms with Gasteiger partial charge in [0.15, 0.2) is 0 Å². The van der Waals surface area contributed by atoms with Crippen molar-refractivity contribution in [2.24, 2.45) is 7.05 Å². The minimum atomic E-state index is 0.170. The molecule has 20 heavy (non-hydrogen) atoms. The molecular weight excluding hydrogens is 297 g/mol. The Morgan fingerprint density at radius 3 is 2.70 bits per heavy atom. The smallest absolute Gasteiger partial charge is 0.224 e. The molecule has 7 heteroatoms. The summed E-state index contributed by atoms with van der Waals surface area (Å²) in [5.41, 5.74) is 2.49. The first kappa shape index (κ1) is 13.1. The van der Waals surface area contributed by atoms with Crippen LogP contribution in [0.5, 0.6) is 0 Å². The Labute approximate surface area is 125 Å². The van der Waals surface area contributed by atoms with E-state index in [1.54, 1.807) is 16.9 Å². The van der Waals surface area contributed by atoms with Crippen LogP contribution in [0.15, 0.2) is 24.5 Å². The molecule has 0 unspecified atom stereocenters. The van der Waals surface area contributed by atoms with Crippen molar-refractivity contribution >= 4 is 45.6 Å². The summed E-state index contributed by atoms with van der Waals surface area (Å²) in [5, 5.41) is 8.98. The van der Waals surface area contributed by atoms with Gasteiger partial charge in [0.2, 0.25) is 5.28 Å². The SMILES string of the molecule is Cc1cc2c(Nc3cnn(C)c3)nc(Cl)nc2cc1Cl. The van der Waals surface area contributed by atoms with Crippen LogP contribution in [-0.2, 0) is 7.05 Å². The predicted molar refractivity (Wildman–Crippen MR) is 80.8 cm³/mol. The largest absolute Gasteiger partial charge is 0.337 e. The molecule has 2 heterocycles. The summed E-state index contributed by atoms with van der Waals surface area (Å²) in [4.78, 5) is 8.43. The van der Waals surface area contributed by atoms with Gasteiger partial charge in [0, 0.05) is 23.7 Å². The molecule has 0 aliphatic carbocycles. The van der Waals surface area contributed by atoms with Crippen LogP contribution >= 0.6 is 23.2 Å². The van der Waals surface area contributed by atoms with Crippen molar-refractivity contribution < 1.29 is 0 Å². The summed E-state index contributed by atoms with van der Waals surface area (Å²) < 4.78 is 1.70. The van der Waals surface area contributed by atoms with Crippen LogP contribution in [0.4, 0.5) is 11.5 Å². The summed E-state index contributed by atoms with van der Waals surface area (Å²) >= 11 is 12.1. The molecule has 0 aliphatic heterocycles. The molecule has 3 rings (SSSR count). The fraction of sp³-hybridized carbons (Fsp3) is 0.154. The van der Waals surface area contributed by atoms with Crippen LogP contribution in [0, 0.1) is 6.92 Å². The monoisotopic (exact) mass is 307 g/mol. The van der Waals surface area contributed by atoms with Gasteiger partial charge in [-0.25, -0.2) is 4.98 Å². The molecule has 2 aromatic heterocycles. The first-order chi connectivity index (χ1) is 9.52. The Bertz CT molecular complexity index is 797. The van der Waals surface area contributed by atoms with E-state index in [2.05, 4.69) is 20.4 Å². The number of fused-ring (bicyclic) bond motifs is 1. The first-order valence-electron chi connectivity index (χ1n) is 5.92. The topological polar surface area (TPSA) is 55.6 Å². The highest BCUT2D eigenvalue weighted by Gasteiger charge is 2.10. The zero-order valence-corrected chi connectivity index (χ0v) is 12.4. The molecule has 1 N–H and O–H groups in total. The van der Waals surface area contributed by atoms with Crippen LogP contribution < -0.4 is 5.32 Å². The number of hydrogen-bond acceptors (Lipinski definition) is 4. The van der Waals surface area contributed by atoms with Gasteiger partial charge in [-0.05, 0) is 36.2 Å².